The number of hydrogen-bond acceptors (Lipinski definition) is 1. The van der Waals surface area contributed by atoms with Gasteiger partial charge < -0.3 is 0 Å². The molecule has 0 aliphatic rings. The maximum atomic E-state index is 4.41. The molecule has 0 bridgehead atoms. The van der Waals surface area contributed by atoms with Crippen molar-refractivity contribution in [1.29, 1.82) is 0 Å². The molecule has 0 atom stereocenters. The van der Waals surface area contributed by atoms with E-state index in [4.69, 9.17) is 0 Å². The van der Waals surface area contributed by atoms with E-state index in [0.717, 1.165) is 6.42 Å². The molecule has 0 heterocycles. The first-order chi connectivity index (χ1) is 2.91. The van der Waals surface area contributed by atoms with E-state index in [1.165, 1.54) is 6.42 Å². The highest BCUT2D eigenvalue weighted by Crippen LogP contribution is 1.82. The van der Waals surface area contributed by atoms with Crippen LogP contribution in [0, 0.1) is 0 Å². The molecule has 0 aromatic carbocycles. The van der Waals surface area contributed by atoms with Crippen molar-refractivity contribution < 1.29 is 0 Å². The summed E-state index contributed by atoms with van der Waals surface area (Å²) in [5.74, 6) is 0. The van der Waals surface area contributed by atoms with Crippen LogP contribution in [0.15, 0.2) is 6.08 Å². The quantitative estimate of drug-likeness (QED) is 0.478. The van der Waals surface area contributed by atoms with E-state index in [2.05, 4.69) is 24.2 Å². The van der Waals surface area contributed by atoms with E-state index in [9.17, 15) is 0 Å². The molecule has 0 unspecified atom stereocenters. The van der Waals surface area contributed by atoms with E-state index in [0.29, 0.717) is 0 Å². The van der Waals surface area contributed by atoms with Crippen LogP contribution in [0.4, 0.5) is 0 Å². The molecule has 0 spiro atoms. The van der Waals surface area contributed by atoms with Gasteiger partial charge in [0.25, 0.3) is 0 Å². The third-order valence-corrected chi connectivity index (χ3v) is 0.683. The first-order valence-corrected chi connectivity index (χ1v) is 2.52. The topological polar surface area (TPSA) is 0 Å². The number of unbranched alkanes of at least 4 members (excludes halogenated alkanes) is 1. The maximum Gasteiger partial charge on any atom is -0.0268 e. The maximum absolute atomic E-state index is 4.41. The Bertz CT molecular complexity index is 60.3. The zero-order valence-electron chi connectivity index (χ0n) is 3.90. The molecule has 0 N–H and O–H groups in total. The van der Waals surface area contributed by atoms with Crippen molar-refractivity contribution in [3.05, 3.63) is 6.08 Å². The van der Waals surface area contributed by atoms with Gasteiger partial charge in [0, 0.05) is 0 Å². The van der Waals surface area contributed by atoms with Gasteiger partial charge in [-0.2, -0.15) is 0 Å². The summed E-state index contributed by atoms with van der Waals surface area (Å²) in [5.41, 5.74) is 0. The van der Waals surface area contributed by atoms with E-state index in [1.807, 2.05) is 6.08 Å². The summed E-state index contributed by atoms with van der Waals surface area (Å²) in [5, 5.41) is 2.53. The molecule has 0 aliphatic heterocycles. The van der Waals surface area contributed by atoms with Gasteiger partial charge in [-0.25, -0.2) is 0 Å². The fourth-order valence-corrected chi connectivity index (χ4v) is 0.321. The van der Waals surface area contributed by atoms with Crippen LogP contribution >= 0.6 is 12.2 Å². The summed E-state index contributed by atoms with van der Waals surface area (Å²) in [4.78, 5) is 0. The second-order valence-corrected chi connectivity index (χ2v) is 1.35. The fraction of sp³-hybridized carbons (Fsp3) is 0.600. The van der Waals surface area contributed by atoms with Gasteiger partial charge in [0.15, 0.2) is 0 Å². The first-order valence-electron chi connectivity index (χ1n) is 2.11. The van der Waals surface area contributed by atoms with Gasteiger partial charge in [0.2, 0.25) is 0 Å². The molecule has 0 rings (SSSR count). The van der Waals surface area contributed by atoms with Crippen molar-refractivity contribution in [2.45, 2.75) is 19.8 Å². The molecule has 0 aromatic heterocycles. The van der Waals surface area contributed by atoms with Gasteiger partial charge in [0.05, 0.1) is 0 Å². The Morgan fingerprint density at radius 3 is 2.67 bits per heavy atom. The lowest BCUT2D eigenvalue weighted by atomic mass is 10.3. The van der Waals surface area contributed by atoms with Crippen molar-refractivity contribution in [1.82, 2.24) is 0 Å². The van der Waals surface area contributed by atoms with Crippen molar-refractivity contribution in [3.8, 4) is 0 Å². The minimum atomic E-state index is 1.07. The Morgan fingerprint density at radius 2 is 2.50 bits per heavy atom. The number of rotatable bonds is 2. The van der Waals surface area contributed by atoms with Crippen LogP contribution in [0.5, 0.6) is 0 Å². The summed E-state index contributed by atoms with van der Waals surface area (Å²) in [6.45, 7) is 2.11. The van der Waals surface area contributed by atoms with Crippen LogP contribution < -0.4 is 0 Å². The fourth-order valence-electron chi connectivity index (χ4n) is 0.203. The molecule has 0 saturated heterocycles. The first kappa shape index (κ1) is 5.87. The molecular weight excluding hydrogens is 92.1 g/mol. The minimum absolute atomic E-state index is 1.07. The average Bonchev–Trinajstić information content (AvgIpc) is 1.61. The zero-order valence-corrected chi connectivity index (χ0v) is 4.72. The average molecular weight is 100 g/mol. The van der Waals surface area contributed by atoms with Gasteiger partial charge >= 0.3 is 0 Å². The lowest BCUT2D eigenvalue weighted by molar-refractivity contribution is 0.965. The summed E-state index contributed by atoms with van der Waals surface area (Å²) < 4.78 is 0. The van der Waals surface area contributed by atoms with Crippen LogP contribution in [0.2, 0.25) is 0 Å². The molecule has 0 aromatic rings. The summed E-state index contributed by atoms with van der Waals surface area (Å²) in [6, 6.07) is 0. The normalized spacial score (nSPS) is 6.83. The highest BCUT2D eigenvalue weighted by atomic mass is 32.1. The predicted octanol–water partition coefficient (Wildman–Crippen LogP) is 1.94. The van der Waals surface area contributed by atoms with Crippen molar-refractivity contribution >= 4 is 17.2 Å². The Balaban J connectivity index is 2.86. The van der Waals surface area contributed by atoms with Crippen molar-refractivity contribution in [3.63, 3.8) is 0 Å². The smallest absolute Gasteiger partial charge is 0.0268 e. The number of hydrogen-bond donors (Lipinski definition) is 0. The third-order valence-electron chi connectivity index (χ3n) is 0.516. The molecule has 1 heteroatoms. The molecule has 0 nitrogen and oxygen atoms in total. The monoisotopic (exact) mass is 100 g/mol. The van der Waals surface area contributed by atoms with Gasteiger partial charge in [-0.05, 0) is 24.7 Å². The van der Waals surface area contributed by atoms with E-state index in [-0.39, 0.29) is 0 Å². The van der Waals surface area contributed by atoms with Crippen LogP contribution in [0.1, 0.15) is 19.8 Å². The lowest BCUT2D eigenvalue weighted by Gasteiger charge is -1.72. The molecule has 6 heavy (non-hydrogen) atoms. The largest absolute Gasteiger partial charge is 0.0651 e. The summed E-state index contributed by atoms with van der Waals surface area (Å²) >= 11 is 4.41. The molecule has 0 aliphatic carbocycles. The summed E-state index contributed by atoms with van der Waals surface area (Å²) in [7, 11) is 0. The molecule has 0 saturated carbocycles. The SMILES string of the molecule is CCCC=C=S. The highest BCUT2D eigenvalue weighted by Gasteiger charge is 1.64. The van der Waals surface area contributed by atoms with Gasteiger partial charge in [-0.3, -0.25) is 0 Å². The Kier molecular flexibility index (Phi) is 4.76. The van der Waals surface area contributed by atoms with Crippen LogP contribution in [0.25, 0.3) is 0 Å². The van der Waals surface area contributed by atoms with Crippen molar-refractivity contribution in [2.24, 2.45) is 0 Å². The molecular formula is C5H8S. The molecule has 0 radical (unpaired) electrons. The number of thiocarbonyl (C=S) groups is 1. The van der Waals surface area contributed by atoms with E-state index in [1.54, 1.807) is 0 Å². The molecule has 0 amide bonds. The highest BCUT2D eigenvalue weighted by molar-refractivity contribution is 7.78. The Labute approximate surface area is 43.9 Å². The number of allylic oxidation sites excluding steroid dienone is 1. The Hall–Kier alpha value is -0.130. The van der Waals surface area contributed by atoms with Crippen LogP contribution in [0.3, 0.4) is 0 Å². The second-order valence-electron chi connectivity index (χ2n) is 1.11. The van der Waals surface area contributed by atoms with Crippen LogP contribution in [-0.2, 0) is 0 Å². The van der Waals surface area contributed by atoms with E-state index >= 15 is 0 Å². The zero-order chi connectivity index (χ0) is 4.83. The van der Waals surface area contributed by atoms with Gasteiger partial charge in [-0.1, -0.05) is 18.4 Å². The molecule has 34 valence electrons. The van der Waals surface area contributed by atoms with Gasteiger partial charge in [0.1, 0.15) is 0 Å². The predicted molar refractivity (Wildman–Crippen MR) is 32.1 cm³/mol. The lowest BCUT2D eigenvalue weighted by Crippen LogP contribution is -1.56. The van der Waals surface area contributed by atoms with Crippen LogP contribution in [-0.4, -0.2) is 5.02 Å². The minimum Gasteiger partial charge on any atom is -0.0651 e. The standard InChI is InChI=1S/C5H8S/c1-2-3-4-5-6/h4H,2-3H2,1H3. The van der Waals surface area contributed by atoms with E-state index < -0.39 is 0 Å². The molecule has 0 fully saturated rings. The van der Waals surface area contributed by atoms with Crippen molar-refractivity contribution in [2.75, 3.05) is 0 Å². The Morgan fingerprint density at radius 1 is 1.83 bits per heavy atom. The third kappa shape index (κ3) is 3.87. The summed E-state index contributed by atoms with van der Waals surface area (Å²) in [6.07, 6.45) is 4.11. The van der Waals surface area contributed by atoms with Gasteiger partial charge in [-0.15, -0.1) is 0 Å². The second kappa shape index (κ2) is 4.87.